The van der Waals surface area contributed by atoms with Crippen LogP contribution in [0, 0.1) is 0 Å². The molecule has 1 amide bonds. The summed E-state index contributed by atoms with van der Waals surface area (Å²) < 4.78 is 1.74. The lowest BCUT2D eigenvalue weighted by molar-refractivity contribution is 0.0951. The SMILES string of the molecule is CC(C)n1c2c(cc(C(=O)NN)c1=O)CCCC2. The van der Waals surface area contributed by atoms with Crippen molar-refractivity contribution in [2.45, 2.75) is 45.6 Å². The Hall–Kier alpha value is -1.62. The minimum Gasteiger partial charge on any atom is -0.309 e. The van der Waals surface area contributed by atoms with Crippen molar-refractivity contribution in [3.63, 3.8) is 0 Å². The normalized spacial score (nSPS) is 14.4. The van der Waals surface area contributed by atoms with Crippen molar-refractivity contribution < 1.29 is 4.79 Å². The fraction of sp³-hybridized carbons (Fsp3) is 0.538. The molecular weight excluding hydrogens is 230 g/mol. The molecule has 0 fully saturated rings. The van der Waals surface area contributed by atoms with Gasteiger partial charge in [0.15, 0.2) is 0 Å². The fourth-order valence-corrected chi connectivity index (χ4v) is 2.62. The third-order valence-corrected chi connectivity index (χ3v) is 3.43. The van der Waals surface area contributed by atoms with Crippen LogP contribution in [-0.4, -0.2) is 10.5 Å². The number of nitrogens with one attached hydrogen (secondary N) is 1. The van der Waals surface area contributed by atoms with Crippen LogP contribution in [0.4, 0.5) is 0 Å². The standard InChI is InChI=1S/C13H19N3O2/c1-8(2)16-11-6-4-3-5-9(11)7-10(13(16)18)12(17)15-14/h7-8H,3-6,14H2,1-2H3,(H,15,17). The molecule has 0 bridgehead atoms. The number of aromatic nitrogens is 1. The number of hydrogen-bond donors (Lipinski definition) is 2. The molecule has 0 spiro atoms. The van der Waals surface area contributed by atoms with Gasteiger partial charge < -0.3 is 4.57 Å². The van der Waals surface area contributed by atoms with E-state index in [1.807, 2.05) is 19.3 Å². The number of nitrogen functional groups attached to an aromatic ring is 1. The molecule has 0 atom stereocenters. The third-order valence-electron chi connectivity index (χ3n) is 3.43. The van der Waals surface area contributed by atoms with Crippen molar-refractivity contribution in [3.8, 4) is 0 Å². The van der Waals surface area contributed by atoms with E-state index in [0.717, 1.165) is 36.9 Å². The molecule has 0 aromatic carbocycles. The monoisotopic (exact) mass is 249 g/mol. The largest absolute Gasteiger partial charge is 0.309 e. The summed E-state index contributed by atoms with van der Waals surface area (Å²) >= 11 is 0. The molecule has 0 unspecified atom stereocenters. The van der Waals surface area contributed by atoms with Gasteiger partial charge in [-0.3, -0.25) is 15.0 Å². The summed E-state index contributed by atoms with van der Waals surface area (Å²) in [5, 5.41) is 0. The number of carbonyl (C=O) groups is 1. The van der Waals surface area contributed by atoms with Gasteiger partial charge in [-0.1, -0.05) is 0 Å². The zero-order valence-electron chi connectivity index (χ0n) is 10.8. The Balaban J connectivity index is 2.69. The van der Waals surface area contributed by atoms with Gasteiger partial charge in [0.2, 0.25) is 0 Å². The maximum Gasteiger partial charge on any atom is 0.270 e. The minimum atomic E-state index is -0.511. The molecule has 1 aromatic heterocycles. The number of aryl methyl sites for hydroxylation is 1. The molecule has 18 heavy (non-hydrogen) atoms. The Morgan fingerprint density at radius 1 is 1.39 bits per heavy atom. The predicted molar refractivity (Wildman–Crippen MR) is 69.4 cm³/mol. The lowest BCUT2D eigenvalue weighted by Crippen LogP contribution is -2.39. The number of amides is 1. The topological polar surface area (TPSA) is 77.1 Å². The maximum atomic E-state index is 12.3. The van der Waals surface area contributed by atoms with E-state index in [0.29, 0.717) is 0 Å². The third kappa shape index (κ3) is 2.06. The number of nitrogens with zero attached hydrogens (tertiary/aromatic N) is 1. The van der Waals surface area contributed by atoms with Crippen LogP contribution >= 0.6 is 0 Å². The van der Waals surface area contributed by atoms with E-state index in [1.54, 1.807) is 10.6 Å². The average Bonchev–Trinajstić information content (AvgIpc) is 2.36. The smallest absolute Gasteiger partial charge is 0.270 e. The summed E-state index contributed by atoms with van der Waals surface area (Å²) in [5.41, 5.74) is 4.13. The maximum absolute atomic E-state index is 12.3. The van der Waals surface area contributed by atoms with Gasteiger partial charge in [0, 0.05) is 11.7 Å². The molecule has 5 nitrogen and oxygen atoms in total. The van der Waals surface area contributed by atoms with Gasteiger partial charge in [-0.25, -0.2) is 5.84 Å². The lowest BCUT2D eigenvalue weighted by atomic mass is 9.93. The van der Waals surface area contributed by atoms with Gasteiger partial charge in [0.25, 0.3) is 11.5 Å². The van der Waals surface area contributed by atoms with Gasteiger partial charge in [0.05, 0.1) is 0 Å². The van der Waals surface area contributed by atoms with Crippen molar-refractivity contribution in [2.24, 2.45) is 5.84 Å². The second kappa shape index (κ2) is 4.94. The highest BCUT2D eigenvalue weighted by atomic mass is 16.2. The molecule has 1 aliphatic carbocycles. The Morgan fingerprint density at radius 3 is 2.67 bits per heavy atom. The first-order chi connectivity index (χ1) is 8.56. The number of fused-ring (bicyclic) bond motifs is 1. The molecule has 2 rings (SSSR count). The molecule has 1 aliphatic rings. The van der Waals surface area contributed by atoms with Crippen LogP contribution in [0.1, 0.15) is 54.3 Å². The number of carbonyl (C=O) groups excluding carboxylic acids is 1. The van der Waals surface area contributed by atoms with Gasteiger partial charge >= 0.3 is 0 Å². The van der Waals surface area contributed by atoms with Crippen LogP contribution in [0.5, 0.6) is 0 Å². The molecule has 1 aromatic rings. The van der Waals surface area contributed by atoms with E-state index in [-0.39, 0.29) is 17.2 Å². The predicted octanol–water partition coefficient (Wildman–Crippen LogP) is 0.911. The highest BCUT2D eigenvalue weighted by molar-refractivity contribution is 5.93. The quantitative estimate of drug-likeness (QED) is 0.464. The van der Waals surface area contributed by atoms with Gasteiger partial charge in [-0.05, 0) is 51.2 Å². The summed E-state index contributed by atoms with van der Waals surface area (Å²) in [6.07, 6.45) is 4.04. The van der Waals surface area contributed by atoms with Crippen LogP contribution < -0.4 is 16.8 Å². The molecule has 0 saturated heterocycles. The zero-order chi connectivity index (χ0) is 13.3. The van der Waals surface area contributed by atoms with Gasteiger partial charge in [-0.15, -0.1) is 0 Å². The van der Waals surface area contributed by atoms with Crippen molar-refractivity contribution >= 4 is 5.91 Å². The summed E-state index contributed by atoms with van der Waals surface area (Å²) in [5.74, 6) is 4.62. The van der Waals surface area contributed by atoms with Crippen molar-refractivity contribution in [1.82, 2.24) is 9.99 Å². The van der Waals surface area contributed by atoms with Crippen LogP contribution in [0.2, 0.25) is 0 Å². The zero-order valence-corrected chi connectivity index (χ0v) is 10.8. The van der Waals surface area contributed by atoms with E-state index in [2.05, 4.69) is 0 Å². The molecule has 98 valence electrons. The second-order valence-electron chi connectivity index (χ2n) is 4.98. The number of nitrogens with two attached hydrogens (primary N) is 1. The first kappa shape index (κ1) is 12.8. The van der Waals surface area contributed by atoms with Crippen molar-refractivity contribution in [3.05, 3.63) is 33.2 Å². The van der Waals surface area contributed by atoms with E-state index >= 15 is 0 Å². The Kier molecular flexibility index (Phi) is 3.52. The number of hydrogen-bond acceptors (Lipinski definition) is 3. The molecule has 3 N–H and O–H groups in total. The molecule has 0 aliphatic heterocycles. The Morgan fingerprint density at radius 2 is 2.06 bits per heavy atom. The van der Waals surface area contributed by atoms with Crippen LogP contribution in [0.25, 0.3) is 0 Å². The van der Waals surface area contributed by atoms with Crippen molar-refractivity contribution in [2.75, 3.05) is 0 Å². The first-order valence-corrected chi connectivity index (χ1v) is 6.34. The molecule has 1 heterocycles. The number of hydrazine groups is 1. The Bertz CT molecular complexity index is 532. The van der Waals surface area contributed by atoms with Crippen molar-refractivity contribution in [1.29, 1.82) is 0 Å². The highest BCUT2D eigenvalue weighted by Gasteiger charge is 2.21. The van der Waals surface area contributed by atoms with Gasteiger partial charge in [-0.2, -0.15) is 0 Å². The molecular formula is C13H19N3O2. The summed E-state index contributed by atoms with van der Waals surface area (Å²) in [6, 6.07) is 1.76. The molecule has 0 radical (unpaired) electrons. The molecule has 5 heteroatoms. The highest BCUT2D eigenvalue weighted by Crippen LogP contribution is 2.22. The van der Waals surface area contributed by atoms with Crippen LogP contribution in [-0.2, 0) is 12.8 Å². The van der Waals surface area contributed by atoms with E-state index in [1.165, 1.54) is 0 Å². The Labute approximate surface area is 106 Å². The van der Waals surface area contributed by atoms with Crippen LogP contribution in [0.15, 0.2) is 10.9 Å². The van der Waals surface area contributed by atoms with Crippen LogP contribution in [0.3, 0.4) is 0 Å². The van der Waals surface area contributed by atoms with E-state index in [9.17, 15) is 9.59 Å². The summed E-state index contributed by atoms with van der Waals surface area (Å²) in [7, 11) is 0. The van der Waals surface area contributed by atoms with E-state index in [4.69, 9.17) is 5.84 Å². The second-order valence-corrected chi connectivity index (χ2v) is 4.98. The van der Waals surface area contributed by atoms with Gasteiger partial charge in [0.1, 0.15) is 5.56 Å². The number of rotatable bonds is 2. The summed E-state index contributed by atoms with van der Waals surface area (Å²) in [4.78, 5) is 24.0. The molecule has 0 saturated carbocycles. The average molecular weight is 249 g/mol. The number of pyridine rings is 1. The lowest BCUT2D eigenvalue weighted by Gasteiger charge is -2.24. The summed E-state index contributed by atoms with van der Waals surface area (Å²) in [6.45, 7) is 3.92. The fourth-order valence-electron chi connectivity index (χ4n) is 2.62. The minimum absolute atomic E-state index is 0.0508. The first-order valence-electron chi connectivity index (χ1n) is 6.34. The van der Waals surface area contributed by atoms with E-state index < -0.39 is 5.91 Å².